The van der Waals surface area contributed by atoms with Gasteiger partial charge in [0.1, 0.15) is 0 Å². The van der Waals surface area contributed by atoms with E-state index in [1.165, 1.54) is 12.3 Å². The number of aliphatic carboxylic acids is 2. The Hall–Kier alpha value is -1.64. The van der Waals surface area contributed by atoms with Crippen molar-refractivity contribution in [1.82, 2.24) is 0 Å². The molecule has 2 aliphatic heterocycles. The first-order valence-electron chi connectivity index (χ1n) is 6.40. The molecule has 1 radical (unpaired) electrons. The largest absolute Gasteiger partial charge is 3.00 e. The number of hydrogen-bond acceptors (Lipinski definition) is 4. The molecular weight excluding hydrogens is 395 g/mol. The van der Waals surface area contributed by atoms with Crippen LogP contribution in [0.5, 0.6) is 0 Å². The van der Waals surface area contributed by atoms with E-state index in [2.05, 4.69) is 10.6 Å². The Balaban J connectivity index is -0.000000276. The van der Waals surface area contributed by atoms with Gasteiger partial charge in [-0.15, -0.1) is 6.54 Å². The number of carboxylic acids is 2. The zero-order valence-electron chi connectivity index (χ0n) is 12.6. The third-order valence-corrected chi connectivity index (χ3v) is 2.51. The first kappa shape index (κ1) is 26.3. The number of nitroso groups, excluding NO2 is 1. The third kappa shape index (κ3) is 13.7. The van der Waals surface area contributed by atoms with E-state index >= 15 is 0 Å². The summed E-state index contributed by atoms with van der Waals surface area (Å²) < 4.78 is 0. The topological polar surface area (TPSA) is 162 Å². The van der Waals surface area contributed by atoms with Crippen LogP contribution < -0.4 is 0 Å². The van der Waals surface area contributed by atoms with Crippen molar-refractivity contribution in [2.24, 2.45) is 0 Å². The minimum absolute atomic E-state index is 0. The number of rotatable bonds is 2. The molecule has 131 valence electrons. The number of allylic oxidation sites excluding steroid dienone is 2. The molecule has 2 unspecified atom stereocenters. The van der Waals surface area contributed by atoms with Gasteiger partial charge in [-0.2, -0.15) is 6.20 Å². The summed E-state index contributed by atoms with van der Waals surface area (Å²) in [7, 11) is 1.00. The van der Waals surface area contributed by atoms with E-state index in [1.54, 1.807) is 12.2 Å². The van der Waals surface area contributed by atoms with Gasteiger partial charge in [0.25, 0.3) is 11.9 Å². The predicted molar refractivity (Wildman–Crippen MR) is 81.4 cm³/mol. The molecule has 1 saturated heterocycles. The van der Waals surface area contributed by atoms with E-state index in [9.17, 15) is 9.59 Å². The van der Waals surface area contributed by atoms with Crippen molar-refractivity contribution in [3.63, 3.8) is 0 Å². The third-order valence-electron chi connectivity index (χ3n) is 2.51. The van der Waals surface area contributed by atoms with Gasteiger partial charge in [-0.25, -0.2) is 0 Å². The monoisotopic (exact) mass is 416 g/mol. The molecule has 0 amide bonds. The van der Waals surface area contributed by atoms with E-state index in [1.807, 2.05) is 0 Å². The molecule has 9 nitrogen and oxygen atoms in total. The van der Waals surface area contributed by atoms with Gasteiger partial charge in [0.2, 0.25) is 0 Å². The molecule has 2 atom stereocenters. The maximum absolute atomic E-state index is 10.3. The Morgan fingerprint density at radius 2 is 1.70 bits per heavy atom. The van der Waals surface area contributed by atoms with Crippen LogP contribution in [-0.4, -0.2) is 53.0 Å². The van der Waals surface area contributed by atoms with E-state index < -0.39 is 24.0 Å². The van der Waals surface area contributed by atoms with E-state index in [-0.39, 0.29) is 19.5 Å². The standard InChI is InChI=1S/C6H10NO2.C6H6NO2.CH4O.NO.Ru/c2*8-6(9)5-3-1-2-4-7-5;2*1-2;/h5H,1-4H2,(H,8,9);1-5H,(H,8,9);2H,1H3;;/q2*-1;;-1;+3. The molecule has 0 aromatic rings. The van der Waals surface area contributed by atoms with Gasteiger partial charge in [-0.1, -0.05) is 37.5 Å². The number of nitrogens with zero attached hydrogens (tertiary/aromatic N) is 3. The minimum atomic E-state index is -0.907. The number of carboxylic acid groups (broad SMARTS) is 2. The van der Waals surface area contributed by atoms with Crippen molar-refractivity contribution < 1.29 is 44.4 Å². The van der Waals surface area contributed by atoms with E-state index in [0.717, 1.165) is 32.9 Å². The van der Waals surface area contributed by atoms with Crippen molar-refractivity contribution in [2.75, 3.05) is 13.7 Å². The Morgan fingerprint density at radius 3 is 1.96 bits per heavy atom. The van der Waals surface area contributed by atoms with Gasteiger partial charge < -0.3 is 36.5 Å². The van der Waals surface area contributed by atoms with Gasteiger partial charge in [-0.3, -0.25) is 9.59 Å². The quantitative estimate of drug-likeness (QED) is 0.583. The molecule has 2 rings (SSSR count). The van der Waals surface area contributed by atoms with E-state index in [0.29, 0.717) is 0 Å². The molecule has 0 saturated carbocycles. The summed E-state index contributed by atoms with van der Waals surface area (Å²) in [6.07, 6.45) is 9.19. The summed E-state index contributed by atoms with van der Waals surface area (Å²) in [5, 5.41) is 31.4. The van der Waals surface area contributed by atoms with Crippen LogP contribution in [0.25, 0.3) is 16.2 Å². The van der Waals surface area contributed by atoms with Crippen molar-refractivity contribution in [3.05, 3.63) is 45.6 Å². The van der Waals surface area contributed by atoms with Crippen LogP contribution in [-0.2, 0) is 29.1 Å². The molecule has 0 aliphatic carbocycles. The molecule has 0 aromatic carbocycles. The molecule has 2 heterocycles. The maximum Gasteiger partial charge on any atom is 3.00 e. The molecule has 1 fully saturated rings. The van der Waals surface area contributed by atoms with Crippen LogP contribution in [0.15, 0.2) is 24.4 Å². The fourth-order valence-electron chi connectivity index (χ4n) is 1.55. The van der Waals surface area contributed by atoms with Crippen LogP contribution in [0.4, 0.5) is 0 Å². The van der Waals surface area contributed by atoms with Gasteiger partial charge in [0.05, 0.1) is 0 Å². The van der Waals surface area contributed by atoms with Crippen LogP contribution in [0.3, 0.4) is 0 Å². The van der Waals surface area contributed by atoms with Gasteiger partial charge in [0, 0.05) is 13.2 Å². The molecule has 0 spiro atoms. The van der Waals surface area contributed by atoms with Crippen LogP contribution in [0.2, 0.25) is 0 Å². The molecule has 2 aliphatic rings. The zero-order chi connectivity index (χ0) is 17.4. The van der Waals surface area contributed by atoms with Crippen molar-refractivity contribution in [1.29, 1.82) is 0 Å². The maximum atomic E-state index is 10.3. The van der Waals surface area contributed by atoms with Crippen molar-refractivity contribution in [2.45, 2.75) is 31.3 Å². The smallest absolute Gasteiger partial charge is 0.676 e. The SMILES string of the molecule is CO.O=C(O)C1C=CC=C[N-]1.O=C(O)C1CCCC[N-]1.[N-]=O.[Ru+3]. The van der Waals surface area contributed by atoms with Gasteiger partial charge in [0.15, 0.2) is 0 Å². The molecule has 3 N–H and O–H groups in total. The second-order valence-electron chi connectivity index (χ2n) is 3.91. The molecule has 0 aromatic heterocycles. The fraction of sp³-hybridized carbons (Fsp3) is 0.538. The summed E-state index contributed by atoms with van der Waals surface area (Å²) in [5.74, 6) is -1.68. The Kier molecular flexibility index (Phi) is 21.0. The van der Waals surface area contributed by atoms with Gasteiger partial charge in [-0.05, 0) is 6.04 Å². The van der Waals surface area contributed by atoms with Crippen molar-refractivity contribution >= 4 is 11.9 Å². The number of aliphatic hydroxyl groups is 1. The number of piperidine rings is 1. The normalized spacial score (nSPS) is 20.4. The minimum Gasteiger partial charge on any atom is -0.676 e. The molecule has 0 bridgehead atoms. The number of aliphatic hydroxyl groups excluding tert-OH is 1. The van der Waals surface area contributed by atoms with Crippen molar-refractivity contribution in [3.8, 4) is 0 Å². The molecule has 10 heteroatoms. The zero-order valence-corrected chi connectivity index (χ0v) is 14.3. The average molecular weight is 415 g/mol. The first-order valence-corrected chi connectivity index (χ1v) is 6.40. The summed E-state index contributed by atoms with van der Waals surface area (Å²) in [4.78, 5) is 27.7. The molecular formula is C13H20N3O6Ru. The summed E-state index contributed by atoms with van der Waals surface area (Å²) in [6, 6.07) is -1.08. The van der Waals surface area contributed by atoms with Crippen LogP contribution >= 0.6 is 0 Å². The summed E-state index contributed by atoms with van der Waals surface area (Å²) in [6.45, 7) is 0.733. The second-order valence-corrected chi connectivity index (χ2v) is 3.91. The molecule has 23 heavy (non-hydrogen) atoms. The van der Waals surface area contributed by atoms with Crippen LogP contribution in [0.1, 0.15) is 19.3 Å². The number of hydrogen-bond donors (Lipinski definition) is 3. The number of carbonyl (C=O) groups is 2. The predicted octanol–water partition coefficient (Wildman–Crippen LogP) is 1.82. The Morgan fingerprint density at radius 1 is 1.09 bits per heavy atom. The fourth-order valence-corrected chi connectivity index (χ4v) is 1.55. The van der Waals surface area contributed by atoms with Crippen LogP contribution in [0, 0.1) is 4.91 Å². The summed E-state index contributed by atoms with van der Waals surface area (Å²) >= 11 is 0. The van der Waals surface area contributed by atoms with Gasteiger partial charge >= 0.3 is 19.5 Å². The Labute approximate surface area is 147 Å². The average Bonchev–Trinajstić information content (AvgIpc) is 2.60. The second kappa shape index (κ2) is 18.4. The Bertz CT molecular complexity index is 373. The summed E-state index contributed by atoms with van der Waals surface area (Å²) in [5.41, 5.74) is 5.75. The first-order chi connectivity index (χ1) is 10.6. The van der Waals surface area contributed by atoms with E-state index in [4.69, 9.17) is 25.8 Å².